The maximum atomic E-state index is 13.3. The van der Waals surface area contributed by atoms with Crippen molar-refractivity contribution < 1.29 is 18.6 Å². The van der Waals surface area contributed by atoms with Gasteiger partial charge in [0.25, 0.3) is 0 Å². The smallest absolute Gasteiger partial charge is 0.231 e. The number of hydrogen-bond donors (Lipinski definition) is 0. The van der Waals surface area contributed by atoms with Crippen molar-refractivity contribution in [3.8, 4) is 23.3 Å². The zero-order valence-corrected chi connectivity index (χ0v) is 15.6. The van der Waals surface area contributed by atoms with Crippen molar-refractivity contribution >= 4 is 0 Å². The minimum absolute atomic E-state index is 0.219. The molecule has 1 fully saturated rings. The Morgan fingerprint density at radius 3 is 2.79 bits per heavy atom. The van der Waals surface area contributed by atoms with E-state index in [-0.39, 0.29) is 18.5 Å². The Hall–Kier alpha value is -2.78. The molecule has 0 saturated carbocycles. The predicted molar refractivity (Wildman–Crippen MR) is 102 cm³/mol. The topological polar surface area (TPSA) is 54.7 Å². The predicted octanol–water partition coefficient (Wildman–Crippen LogP) is 3.95. The summed E-state index contributed by atoms with van der Waals surface area (Å²) in [6.45, 7) is 3.35. The van der Waals surface area contributed by atoms with Gasteiger partial charge in [0.15, 0.2) is 11.5 Å². The minimum atomic E-state index is -0.219. The summed E-state index contributed by atoms with van der Waals surface area (Å²) in [6, 6.07) is 14.6. The number of rotatable bonds is 6. The molecule has 2 aromatic carbocycles. The van der Waals surface area contributed by atoms with E-state index >= 15 is 0 Å². The van der Waals surface area contributed by atoms with Crippen LogP contribution in [0.25, 0.3) is 0 Å². The van der Waals surface area contributed by atoms with E-state index in [0.717, 1.165) is 43.1 Å². The number of ether oxygens (including phenoxy) is 3. The van der Waals surface area contributed by atoms with Crippen molar-refractivity contribution in [2.24, 2.45) is 5.92 Å². The summed E-state index contributed by atoms with van der Waals surface area (Å²) in [4.78, 5) is 2.32. The number of hydrogen-bond acceptors (Lipinski definition) is 5. The molecule has 0 radical (unpaired) electrons. The molecule has 2 aliphatic rings. The molecule has 0 amide bonds. The van der Waals surface area contributed by atoms with Gasteiger partial charge in [0.05, 0.1) is 12.7 Å². The Labute approximate surface area is 164 Å². The summed E-state index contributed by atoms with van der Waals surface area (Å²) >= 11 is 0. The summed E-state index contributed by atoms with van der Waals surface area (Å²) in [5.41, 5.74) is 1.14. The Morgan fingerprint density at radius 1 is 1.14 bits per heavy atom. The lowest BCUT2D eigenvalue weighted by atomic mass is 9.81. The van der Waals surface area contributed by atoms with Crippen molar-refractivity contribution in [1.82, 2.24) is 4.90 Å². The molecule has 146 valence electrons. The van der Waals surface area contributed by atoms with Gasteiger partial charge >= 0.3 is 0 Å². The molecule has 4 rings (SSSR count). The SMILES string of the molecule is N#CCCN1CC[C@@H](c2ccc(F)cc2)[C@H](COc2ccc3c(c2)OCO3)C1. The normalized spacial score (nSPS) is 21.3. The number of nitrogens with zero attached hydrogens (tertiary/aromatic N) is 2. The van der Waals surface area contributed by atoms with Crippen molar-refractivity contribution in [3.63, 3.8) is 0 Å². The van der Waals surface area contributed by atoms with Gasteiger partial charge in [-0.1, -0.05) is 12.1 Å². The molecule has 0 spiro atoms. The average molecular weight is 382 g/mol. The lowest BCUT2D eigenvalue weighted by Crippen LogP contribution is -2.42. The van der Waals surface area contributed by atoms with Crippen molar-refractivity contribution in [2.75, 3.05) is 33.0 Å². The highest BCUT2D eigenvalue weighted by atomic mass is 19.1. The lowest BCUT2D eigenvalue weighted by Gasteiger charge is -2.38. The van der Waals surface area contributed by atoms with Crippen molar-refractivity contribution in [3.05, 3.63) is 53.8 Å². The summed E-state index contributed by atoms with van der Waals surface area (Å²) in [6.07, 6.45) is 1.49. The molecule has 2 aromatic rings. The zero-order chi connectivity index (χ0) is 19.3. The molecule has 2 heterocycles. The molecule has 1 saturated heterocycles. The fourth-order valence-corrected chi connectivity index (χ4v) is 4.01. The van der Waals surface area contributed by atoms with E-state index in [1.54, 1.807) is 0 Å². The molecule has 2 aliphatic heterocycles. The first-order valence-electron chi connectivity index (χ1n) is 9.60. The number of halogens is 1. The minimum Gasteiger partial charge on any atom is -0.493 e. The molecule has 0 N–H and O–H groups in total. The first-order valence-corrected chi connectivity index (χ1v) is 9.60. The van der Waals surface area contributed by atoms with Crippen LogP contribution in [-0.4, -0.2) is 37.9 Å². The van der Waals surface area contributed by atoms with Crippen LogP contribution in [0.4, 0.5) is 4.39 Å². The first kappa shape index (κ1) is 18.6. The molecule has 0 aliphatic carbocycles. The van der Waals surface area contributed by atoms with Crippen LogP contribution in [0, 0.1) is 23.1 Å². The van der Waals surface area contributed by atoms with Crippen LogP contribution in [0.1, 0.15) is 24.3 Å². The Balaban J connectivity index is 1.47. The lowest BCUT2D eigenvalue weighted by molar-refractivity contribution is 0.112. The Morgan fingerprint density at radius 2 is 1.96 bits per heavy atom. The third-order valence-electron chi connectivity index (χ3n) is 5.46. The molecule has 2 atom stereocenters. The van der Waals surface area contributed by atoms with Gasteiger partial charge in [-0.05, 0) is 48.7 Å². The van der Waals surface area contributed by atoms with E-state index < -0.39 is 0 Å². The second kappa shape index (κ2) is 8.49. The Bertz CT molecular complexity index is 850. The third-order valence-corrected chi connectivity index (χ3v) is 5.46. The molecule has 6 heteroatoms. The number of nitriles is 1. The van der Waals surface area contributed by atoms with E-state index in [9.17, 15) is 4.39 Å². The van der Waals surface area contributed by atoms with E-state index in [4.69, 9.17) is 19.5 Å². The van der Waals surface area contributed by atoms with Crippen LogP contribution in [0.3, 0.4) is 0 Å². The number of likely N-dealkylation sites (tertiary alicyclic amines) is 1. The largest absolute Gasteiger partial charge is 0.493 e. The van der Waals surface area contributed by atoms with Gasteiger partial charge in [-0.3, -0.25) is 0 Å². The van der Waals surface area contributed by atoms with Crippen LogP contribution < -0.4 is 14.2 Å². The average Bonchev–Trinajstić information content (AvgIpc) is 3.19. The molecule has 5 nitrogen and oxygen atoms in total. The van der Waals surface area contributed by atoms with Gasteiger partial charge < -0.3 is 19.1 Å². The monoisotopic (exact) mass is 382 g/mol. The second-order valence-electron chi connectivity index (χ2n) is 7.24. The maximum absolute atomic E-state index is 13.3. The molecule has 0 aromatic heterocycles. The van der Waals surface area contributed by atoms with E-state index in [0.29, 0.717) is 24.7 Å². The van der Waals surface area contributed by atoms with Crippen molar-refractivity contribution in [2.45, 2.75) is 18.8 Å². The Kier molecular flexibility index (Phi) is 5.63. The van der Waals surface area contributed by atoms with E-state index in [1.807, 2.05) is 30.3 Å². The van der Waals surface area contributed by atoms with Gasteiger partial charge in [0.2, 0.25) is 6.79 Å². The van der Waals surface area contributed by atoms with E-state index in [1.165, 1.54) is 12.1 Å². The highest BCUT2D eigenvalue weighted by Crippen LogP contribution is 2.37. The van der Waals surface area contributed by atoms with Crippen LogP contribution in [0.2, 0.25) is 0 Å². The van der Waals surface area contributed by atoms with Crippen LogP contribution >= 0.6 is 0 Å². The maximum Gasteiger partial charge on any atom is 0.231 e. The number of fused-ring (bicyclic) bond motifs is 1. The first-order chi connectivity index (χ1) is 13.7. The van der Waals surface area contributed by atoms with Gasteiger partial charge in [0, 0.05) is 31.5 Å². The fraction of sp³-hybridized carbons (Fsp3) is 0.409. The fourth-order valence-electron chi connectivity index (χ4n) is 4.01. The zero-order valence-electron chi connectivity index (χ0n) is 15.6. The molecular weight excluding hydrogens is 359 g/mol. The van der Waals surface area contributed by atoms with Crippen LogP contribution in [0.15, 0.2) is 42.5 Å². The summed E-state index contributed by atoms with van der Waals surface area (Å²) < 4.78 is 30.2. The second-order valence-corrected chi connectivity index (χ2v) is 7.24. The third kappa shape index (κ3) is 4.20. The summed E-state index contributed by atoms with van der Waals surface area (Å²) in [5.74, 6) is 2.51. The molecule has 0 bridgehead atoms. The van der Waals surface area contributed by atoms with Crippen LogP contribution in [0.5, 0.6) is 17.2 Å². The summed E-state index contributed by atoms with van der Waals surface area (Å²) in [7, 11) is 0. The van der Waals surface area contributed by atoms with Gasteiger partial charge in [-0.15, -0.1) is 0 Å². The molecule has 0 unspecified atom stereocenters. The quantitative estimate of drug-likeness (QED) is 0.757. The van der Waals surface area contributed by atoms with Gasteiger partial charge in [-0.2, -0.15) is 5.26 Å². The highest BCUT2D eigenvalue weighted by molar-refractivity contribution is 5.46. The van der Waals surface area contributed by atoms with Gasteiger partial charge in [-0.25, -0.2) is 4.39 Å². The molecule has 28 heavy (non-hydrogen) atoms. The van der Waals surface area contributed by atoms with Crippen LogP contribution in [-0.2, 0) is 0 Å². The van der Waals surface area contributed by atoms with Crippen molar-refractivity contribution in [1.29, 1.82) is 5.26 Å². The standard InChI is InChI=1S/C22H23FN2O3/c23-18-4-2-16(3-5-18)20-8-11-25(10-1-9-24)13-17(20)14-26-19-6-7-21-22(12-19)28-15-27-21/h2-7,12,17,20H,1,8,10-11,13-15H2/t17-,20-/m0/s1. The summed E-state index contributed by atoms with van der Waals surface area (Å²) in [5, 5.41) is 8.89. The highest BCUT2D eigenvalue weighted by Gasteiger charge is 2.31. The molecular formula is C22H23FN2O3. The van der Waals surface area contributed by atoms with Gasteiger partial charge in [0.1, 0.15) is 11.6 Å². The van der Waals surface area contributed by atoms with E-state index in [2.05, 4.69) is 11.0 Å². The number of piperidine rings is 1. The number of benzene rings is 2.